The molecule has 100 valence electrons. The Kier molecular flexibility index (Phi) is 2.77. The number of rotatable bonds is 3. The molecule has 3 heteroatoms. The van der Waals surface area contributed by atoms with E-state index >= 15 is 0 Å². The summed E-state index contributed by atoms with van der Waals surface area (Å²) in [6.45, 7) is 5.91. The molecule has 0 aromatic heterocycles. The lowest BCUT2D eigenvalue weighted by Gasteiger charge is -2.36. The maximum atomic E-state index is 7.61. The van der Waals surface area contributed by atoms with E-state index in [4.69, 9.17) is 11.1 Å². The van der Waals surface area contributed by atoms with Crippen molar-refractivity contribution in [2.75, 3.05) is 6.54 Å². The molecule has 0 bridgehead atoms. The van der Waals surface area contributed by atoms with Crippen LogP contribution < -0.4 is 5.73 Å². The molecule has 1 aliphatic carbocycles. The van der Waals surface area contributed by atoms with E-state index in [9.17, 15) is 0 Å². The predicted molar refractivity (Wildman–Crippen MR) is 74.6 cm³/mol. The van der Waals surface area contributed by atoms with E-state index in [1.165, 1.54) is 38.4 Å². The maximum Gasteiger partial charge on any atom is 0.0230 e. The molecule has 3 N–H and O–H groups in total. The molecule has 3 atom stereocenters. The summed E-state index contributed by atoms with van der Waals surface area (Å²) in [7, 11) is 0. The van der Waals surface area contributed by atoms with Crippen LogP contribution >= 0.6 is 0 Å². The van der Waals surface area contributed by atoms with E-state index < -0.39 is 0 Å². The minimum atomic E-state index is 0.429. The third kappa shape index (κ3) is 1.56. The second kappa shape index (κ2) is 4.09. The summed E-state index contributed by atoms with van der Waals surface area (Å²) in [5.41, 5.74) is 8.65. The highest BCUT2D eigenvalue weighted by atomic mass is 15.3. The van der Waals surface area contributed by atoms with E-state index in [1.807, 2.05) is 0 Å². The molecule has 2 aliphatic heterocycles. The van der Waals surface area contributed by atoms with Gasteiger partial charge in [-0.3, -0.25) is 4.90 Å². The normalized spacial score (nSPS) is 39.5. The lowest BCUT2D eigenvalue weighted by Crippen LogP contribution is -2.43. The molecule has 2 heterocycles. The molecule has 3 rings (SSSR count). The van der Waals surface area contributed by atoms with Crippen molar-refractivity contribution >= 4 is 6.21 Å². The molecule has 0 saturated carbocycles. The van der Waals surface area contributed by atoms with Gasteiger partial charge < -0.3 is 11.1 Å². The highest BCUT2D eigenvalue weighted by Crippen LogP contribution is 2.54. The topological polar surface area (TPSA) is 53.1 Å². The van der Waals surface area contributed by atoms with Gasteiger partial charge in [-0.1, -0.05) is 13.8 Å². The van der Waals surface area contributed by atoms with Crippen LogP contribution in [0.3, 0.4) is 0 Å². The Labute approximate surface area is 110 Å². The molecule has 0 amide bonds. The number of hydrogen-bond acceptors (Lipinski definition) is 3. The van der Waals surface area contributed by atoms with Gasteiger partial charge >= 0.3 is 0 Å². The fourth-order valence-corrected chi connectivity index (χ4v) is 4.87. The Hall–Kier alpha value is -0.830. The van der Waals surface area contributed by atoms with Crippen molar-refractivity contribution in [3.8, 4) is 0 Å². The van der Waals surface area contributed by atoms with Crippen LogP contribution in [0.5, 0.6) is 0 Å². The Morgan fingerprint density at radius 3 is 3.00 bits per heavy atom. The molecular formula is C15H25N3. The highest BCUT2D eigenvalue weighted by Gasteiger charge is 2.56. The molecule has 2 fully saturated rings. The number of fused-ring (bicyclic) bond motifs is 3. The molecule has 3 aliphatic rings. The smallest absolute Gasteiger partial charge is 0.0230 e. The van der Waals surface area contributed by atoms with E-state index in [0.717, 1.165) is 23.6 Å². The van der Waals surface area contributed by atoms with E-state index in [0.29, 0.717) is 17.5 Å². The van der Waals surface area contributed by atoms with Crippen LogP contribution in [-0.4, -0.2) is 29.2 Å². The minimum absolute atomic E-state index is 0.429. The van der Waals surface area contributed by atoms with Crippen molar-refractivity contribution in [2.24, 2.45) is 17.6 Å². The highest BCUT2D eigenvalue weighted by molar-refractivity contribution is 5.79. The molecule has 0 aromatic carbocycles. The van der Waals surface area contributed by atoms with Crippen LogP contribution in [0.25, 0.3) is 0 Å². The van der Waals surface area contributed by atoms with Gasteiger partial charge in [0, 0.05) is 35.8 Å². The van der Waals surface area contributed by atoms with Gasteiger partial charge in [0.2, 0.25) is 0 Å². The third-order valence-corrected chi connectivity index (χ3v) is 5.26. The predicted octanol–water partition coefficient (Wildman–Crippen LogP) is 2.52. The summed E-state index contributed by atoms with van der Waals surface area (Å²) >= 11 is 0. The molecular weight excluding hydrogens is 222 g/mol. The Morgan fingerprint density at radius 2 is 2.33 bits per heavy atom. The second-order valence-corrected chi connectivity index (χ2v) is 6.83. The summed E-state index contributed by atoms with van der Waals surface area (Å²) in [5, 5.41) is 7.61. The number of nitrogens with one attached hydrogen (secondary N) is 1. The lowest BCUT2D eigenvalue weighted by atomic mass is 9.81. The van der Waals surface area contributed by atoms with Crippen molar-refractivity contribution < 1.29 is 0 Å². The first-order chi connectivity index (χ1) is 8.57. The zero-order valence-electron chi connectivity index (χ0n) is 11.6. The fourth-order valence-electron chi connectivity index (χ4n) is 4.87. The molecule has 18 heavy (non-hydrogen) atoms. The SMILES string of the molecule is CC(C)CC12CCCN1C1CC(N)=C(C=N)C1C2. The standard InChI is InChI=1S/C15H25N3/c1-10(2)7-15-4-3-5-18(15)14-6-13(17)12(9-16)11(14)8-15/h9-11,14,16H,3-8,17H2,1-2H3. The maximum absolute atomic E-state index is 7.61. The molecule has 2 saturated heterocycles. The average Bonchev–Trinajstić information content (AvgIpc) is 2.86. The van der Waals surface area contributed by atoms with Gasteiger partial charge in [0.15, 0.2) is 0 Å². The van der Waals surface area contributed by atoms with Gasteiger partial charge in [-0.15, -0.1) is 0 Å². The van der Waals surface area contributed by atoms with Crippen molar-refractivity contribution in [1.82, 2.24) is 4.90 Å². The first-order valence-electron chi connectivity index (χ1n) is 7.33. The minimum Gasteiger partial charge on any atom is -0.402 e. The van der Waals surface area contributed by atoms with Gasteiger partial charge in [-0.2, -0.15) is 0 Å². The van der Waals surface area contributed by atoms with Crippen molar-refractivity contribution in [3.05, 3.63) is 11.3 Å². The van der Waals surface area contributed by atoms with Crippen LogP contribution in [-0.2, 0) is 0 Å². The summed E-state index contributed by atoms with van der Waals surface area (Å²) < 4.78 is 0. The molecule has 0 aromatic rings. The van der Waals surface area contributed by atoms with Crippen molar-refractivity contribution in [2.45, 2.75) is 57.5 Å². The summed E-state index contributed by atoms with van der Waals surface area (Å²) in [5.74, 6) is 1.30. The van der Waals surface area contributed by atoms with Crippen LogP contribution in [0.4, 0.5) is 0 Å². The van der Waals surface area contributed by atoms with Gasteiger partial charge in [0.1, 0.15) is 0 Å². The zero-order chi connectivity index (χ0) is 12.9. The number of nitrogens with two attached hydrogens (primary N) is 1. The molecule has 3 nitrogen and oxygen atoms in total. The molecule has 0 spiro atoms. The van der Waals surface area contributed by atoms with Crippen molar-refractivity contribution in [3.63, 3.8) is 0 Å². The molecule has 3 unspecified atom stereocenters. The quantitative estimate of drug-likeness (QED) is 0.753. The number of hydrogen-bond donors (Lipinski definition) is 2. The van der Waals surface area contributed by atoms with E-state index in [-0.39, 0.29) is 0 Å². The van der Waals surface area contributed by atoms with Crippen molar-refractivity contribution in [1.29, 1.82) is 5.41 Å². The Bertz CT molecular complexity index is 399. The summed E-state index contributed by atoms with van der Waals surface area (Å²) in [6.07, 6.45) is 7.76. The largest absolute Gasteiger partial charge is 0.402 e. The summed E-state index contributed by atoms with van der Waals surface area (Å²) in [4.78, 5) is 2.75. The monoisotopic (exact) mass is 247 g/mol. The van der Waals surface area contributed by atoms with Gasteiger partial charge in [-0.05, 0) is 43.7 Å². The third-order valence-electron chi connectivity index (χ3n) is 5.26. The molecule has 0 radical (unpaired) electrons. The van der Waals surface area contributed by atoms with Crippen LogP contribution in [0, 0.1) is 17.2 Å². The second-order valence-electron chi connectivity index (χ2n) is 6.83. The number of nitrogens with zero attached hydrogens (tertiary/aromatic N) is 1. The first kappa shape index (κ1) is 12.2. The fraction of sp³-hybridized carbons (Fsp3) is 0.800. The Balaban J connectivity index is 1.89. The average molecular weight is 247 g/mol. The first-order valence-corrected chi connectivity index (χ1v) is 7.33. The Morgan fingerprint density at radius 1 is 1.56 bits per heavy atom. The summed E-state index contributed by atoms with van der Waals surface area (Å²) in [6, 6.07) is 0.600. The van der Waals surface area contributed by atoms with Gasteiger partial charge in [-0.25, -0.2) is 0 Å². The van der Waals surface area contributed by atoms with E-state index in [1.54, 1.807) is 0 Å². The van der Waals surface area contributed by atoms with Crippen LogP contribution in [0.1, 0.15) is 46.0 Å². The lowest BCUT2D eigenvalue weighted by molar-refractivity contribution is 0.126. The van der Waals surface area contributed by atoms with E-state index in [2.05, 4.69) is 18.7 Å². The van der Waals surface area contributed by atoms with Crippen LogP contribution in [0.2, 0.25) is 0 Å². The zero-order valence-corrected chi connectivity index (χ0v) is 11.6. The van der Waals surface area contributed by atoms with Gasteiger partial charge in [0.05, 0.1) is 0 Å². The van der Waals surface area contributed by atoms with Gasteiger partial charge in [0.25, 0.3) is 0 Å². The van der Waals surface area contributed by atoms with Crippen LogP contribution in [0.15, 0.2) is 11.3 Å².